The predicted octanol–water partition coefficient (Wildman–Crippen LogP) is -13.7. The quantitative estimate of drug-likeness (QED) is 0.196. The molecule has 0 amide bonds. The van der Waals surface area contributed by atoms with Gasteiger partial charge in [-0.25, -0.2) is 0 Å². The third-order valence-electron chi connectivity index (χ3n) is 2.89. The van der Waals surface area contributed by atoms with E-state index in [1.54, 1.807) is 0 Å². The standard InChI is InChI=1S/2C6H8O8.2Ca.Mg/c2*7-2(8)1-6(14,5(12)13)3(9)4(10)11;;;/h2*3,9,14H,1H2,(H,7,8)(H,10,11)(H,12,13);;;/q;;3*+2/p-6/t2*3-,6+;;;/m11.../s1. The third kappa shape index (κ3) is 13.3. The second kappa shape index (κ2) is 17.4. The molecule has 0 aliphatic rings. The molecule has 4 N–H and O–H groups in total. The molecular formula is C12H10Ca2MgO16. The predicted molar refractivity (Wildman–Crippen MR) is 78.5 cm³/mol. The molecule has 0 saturated heterocycles. The number of carbonyl (C=O) groups excluding carboxylic acids is 6. The molecule has 19 heteroatoms. The molecule has 0 fully saturated rings. The monoisotopic (exact) mass is 514 g/mol. The summed E-state index contributed by atoms with van der Waals surface area (Å²) in [5.41, 5.74) is -6.92. The molecule has 0 radical (unpaired) electrons. The van der Waals surface area contributed by atoms with Crippen molar-refractivity contribution in [3.63, 3.8) is 0 Å². The van der Waals surface area contributed by atoms with Gasteiger partial charge >= 0.3 is 98.5 Å². The molecule has 0 heterocycles. The van der Waals surface area contributed by atoms with Gasteiger partial charge in [-0.2, -0.15) is 0 Å². The van der Waals surface area contributed by atoms with Gasteiger partial charge in [0.15, 0.2) is 0 Å². The first-order valence-electron chi connectivity index (χ1n) is 6.48. The summed E-state index contributed by atoms with van der Waals surface area (Å²) in [4.78, 5) is 60.3. The average molecular weight is 515 g/mol. The molecular weight excluding hydrogens is 505 g/mol. The van der Waals surface area contributed by atoms with Gasteiger partial charge in [0.25, 0.3) is 0 Å². The molecule has 0 aromatic carbocycles. The van der Waals surface area contributed by atoms with E-state index >= 15 is 0 Å². The number of hydrogen-bond acceptors (Lipinski definition) is 16. The molecule has 160 valence electrons. The first-order chi connectivity index (χ1) is 12.4. The van der Waals surface area contributed by atoms with Crippen LogP contribution in [0.3, 0.4) is 0 Å². The number of aliphatic hydroxyl groups excluding tert-OH is 2. The van der Waals surface area contributed by atoms with Crippen LogP contribution in [0.25, 0.3) is 0 Å². The molecule has 0 bridgehead atoms. The van der Waals surface area contributed by atoms with Gasteiger partial charge in [0, 0.05) is 24.8 Å². The maximum atomic E-state index is 10.2. The summed E-state index contributed by atoms with van der Waals surface area (Å²) in [7, 11) is 0. The maximum absolute atomic E-state index is 10.2. The zero-order chi connectivity index (χ0) is 23.0. The zero-order valence-corrected chi connectivity index (χ0v) is 21.2. The minimum Gasteiger partial charge on any atom is -0.550 e. The van der Waals surface area contributed by atoms with Crippen molar-refractivity contribution in [1.29, 1.82) is 0 Å². The topological polar surface area (TPSA) is 322 Å². The van der Waals surface area contributed by atoms with Gasteiger partial charge < -0.3 is 79.8 Å². The first-order valence-corrected chi connectivity index (χ1v) is 6.48. The Balaban J connectivity index is -0.000000133. The van der Waals surface area contributed by atoms with Gasteiger partial charge in [0.2, 0.25) is 0 Å². The fourth-order valence-corrected chi connectivity index (χ4v) is 1.39. The van der Waals surface area contributed by atoms with Gasteiger partial charge in [-0.15, -0.1) is 0 Å². The van der Waals surface area contributed by atoms with Crippen molar-refractivity contribution in [2.75, 3.05) is 0 Å². The molecule has 0 aromatic heterocycles. The number of aliphatic hydroxyl groups is 4. The number of hydrogen-bond donors (Lipinski definition) is 4. The van der Waals surface area contributed by atoms with Gasteiger partial charge in [-0.1, -0.05) is 0 Å². The summed E-state index contributed by atoms with van der Waals surface area (Å²) >= 11 is 0. The number of carboxylic acids is 6. The minimum absolute atomic E-state index is 0. The van der Waals surface area contributed by atoms with Crippen LogP contribution in [-0.2, 0) is 28.8 Å². The van der Waals surface area contributed by atoms with E-state index < -0.39 is 72.1 Å². The Bertz CT molecular complexity index is 615. The van der Waals surface area contributed by atoms with E-state index in [9.17, 15) is 59.4 Å². The second-order valence-electron chi connectivity index (χ2n) is 4.96. The Labute approximate surface area is 247 Å². The molecule has 0 unspecified atom stereocenters. The molecule has 0 aliphatic heterocycles. The minimum atomic E-state index is -3.46. The van der Waals surface area contributed by atoms with Crippen molar-refractivity contribution in [2.45, 2.75) is 36.3 Å². The van der Waals surface area contributed by atoms with E-state index in [-0.39, 0.29) is 98.5 Å². The van der Waals surface area contributed by atoms with Crippen LogP contribution in [0.4, 0.5) is 0 Å². The second-order valence-corrected chi connectivity index (χ2v) is 4.96. The molecule has 0 rings (SSSR count). The van der Waals surface area contributed by atoms with Crippen molar-refractivity contribution >= 4 is 134 Å². The molecule has 0 saturated carbocycles. The van der Waals surface area contributed by atoms with Crippen LogP contribution in [0.15, 0.2) is 0 Å². The summed E-state index contributed by atoms with van der Waals surface area (Å²) in [5, 5.41) is 95.5. The summed E-state index contributed by atoms with van der Waals surface area (Å²) < 4.78 is 0. The Morgan fingerprint density at radius 1 is 0.613 bits per heavy atom. The van der Waals surface area contributed by atoms with Crippen molar-refractivity contribution in [3.05, 3.63) is 0 Å². The normalized spacial score (nSPS) is 15.1. The first kappa shape index (κ1) is 41.2. The van der Waals surface area contributed by atoms with Crippen LogP contribution in [-0.4, -0.2) is 178 Å². The molecule has 0 aliphatic carbocycles. The van der Waals surface area contributed by atoms with Crippen LogP contribution < -0.4 is 30.6 Å². The number of carboxylic acid groups (broad SMARTS) is 6. The Morgan fingerprint density at radius 3 is 0.903 bits per heavy atom. The van der Waals surface area contributed by atoms with Crippen molar-refractivity contribution in [3.8, 4) is 0 Å². The Hall–Kier alpha value is -0.0543. The Kier molecular flexibility index (Phi) is 23.2. The van der Waals surface area contributed by atoms with Crippen LogP contribution in [0.1, 0.15) is 12.8 Å². The van der Waals surface area contributed by atoms with Crippen molar-refractivity contribution < 1.29 is 79.8 Å². The van der Waals surface area contributed by atoms with E-state index in [1.807, 2.05) is 0 Å². The van der Waals surface area contributed by atoms with Gasteiger partial charge in [0.05, 0.1) is 23.9 Å². The van der Waals surface area contributed by atoms with Crippen LogP contribution in [0.2, 0.25) is 0 Å². The third-order valence-corrected chi connectivity index (χ3v) is 2.89. The number of rotatable bonds is 10. The van der Waals surface area contributed by atoms with Gasteiger partial charge in [-0.3, -0.25) is 0 Å². The van der Waals surface area contributed by atoms with Crippen LogP contribution in [0, 0.1) is 0 Å². The van der Waals surface area contributed by atoms with E-state index in [0.29, 0.717) is 0 Å². The van der Waals surface area contributed by atoms with E-state index in [4.69, 9.17) is 20.4 Å². The van der Waals surface area contributed by atoms with Crippen molar-refractivity contribution in [1.82, 2.24) is 0 Å². The van der Waals surface area contributed by atoms with Gasteiger partial charge in [0.1, 0.15) is 23.4 Å². The van der Waals surface area contributed by atoms with Gasteiger partial charge in [-0.05, 0) is 0 Å². The summed E-state index contributed by atoms with van der Waals surface area (Å²) in [5.74, 6) is -13.7. The van der Waals surface area contributed by atoms with E-state index in [1.165, 1.54) is 0 Å². The SMILES string of the molecule is O=C([O-])C[C@@](O)(C(=O)[O-])[C@H](O)C(=O)[O-].O=C([O-])C[C@@](O)(C(=O)[O-])[C@H](O)C(=O)[O-].[Ca+2].[Ca+2].[Mg+2]. The molecule has 16 nitrogen and oxygen atoms in total. The molecule has 4 atom stereocenters. The summed E-state index contributed by atoms with van der Waals surface area (Å²) in [6, 6.07) is 0. The smallest absolute Gasteiger partial charge is 0.550 e. The van der Waals surface area contributed by atoms with E-state index in [0.717, 1.165) is 0 Å². The van der Waals surface area contributed by atoms with Crippen LogP contribution >= 0.6 is 0 Å². The maximum Gasteiger partial charge on any atom is 2.00 e. The fraction of sp³-hybridized carbons (Fsp3) is 0.500. The number of aliphatic carboxylic acids is 6. The molecule has 31 heavy (non-hydrogen) atoms. The largest absolute Gasteiger partial charge is 2.00 e. The van der Waals surface area contributed by atoms with Crippen LogP contribution in [0.5, 0.6) is 0 Å². The number of carbonyl (C=O) groups is 6. The van der Waals surface area contributed by atoms with E-state index in [2.05, 4.69) is 0 Å². The average Bonchev–Trinajstić information content (AvgIpc) is 2.51. The molecule has 0 aromatic rings. The van der Waals surface area contributed by atoms with Crippen molar-refractivity contribution in [2.24, 2.45) is 0 Å². The molecule has 0 spiro atoms. The zero-order valence-electron chi connectivity index (χ0n) is 15.4. The fourth-order valence-electron chi connectivity index (χ4n) is 1.39. The Morgan fingerprint density at radius 2 is 0.806 bits per heavy atom. The summed E-state index contributed by atoms with van der Waals surface area (Å²) in [6.07, 6.45) is -9.06. The summed E-state index contributed by atoms with van der Waals surface area (Å²) in [6.45, 7) is 0.